The van der Waals surface area contributed by atoms with Crippen LogP contribution >= 0.6 is 63.7 Å². The first kappa shape index (κ1) is 30.5. The van der Waals surface area contributed by atoms with Crippen LogP contribution in [-0.4, -0.2) is 23.9 Å². The molecule has 0 aromatic heterocycles. The van der Waals surface area contributed by atoms with Gasteiger partial charge < -0.3 is 5.11 Å². The second-order valence-corrected chi connectivity index (χ2v) is 14.0. The van der Waals surface area contributed by atoms with Crippen molar-refractivity contribution in [3.05, 3.63) is 81.1 Å². The summed E-state index contributed by atoms with van der Waals surface area (Å²) in [7, 11) is -4.62. The lowest BCUT2D eigenvalue weighted by Gasteiger charge is -2.29. The molecule has 0 atom stereocenters. The van der Waals surface area contributed by atoms with Gasteiger partial charge in [0.15, 0.2) is 5.78 Å². The van der Waals surface area contributed by atoms with E-state index in [1.54, 1.807) is 19.1 Å². The molecule has 0 spiro atoms. The van der Waals surface area contributed by atoms with Gasteiger partial charge in [-0.2, -0.15) is 8.42 Å². The lowest BCUT2D eigenvalue weighted by molar-refractivity contribution is -0.112. The van der Waals surface area contributed by atoms with Crippen LogP contribution in [0.2, 0.25) is 0 Å². The van der Waals surface area contributed by atoms with Crippen LogP contribution in [0.25, 0.3) is 5.57 Å². The first-order chi connectivity index (χ1) is 17.0. The van der Waals surface area contributed by atoms with Gasteiger partial charge in [-0.3, -0.25) is 9.35 Å². The van der Waals surface area contributed by atoms with E-state index in [0.717, 1.165) is 0 Å². The first-order valence-corrected chi connectivity index (χ1v) is 16.0. The van der Waals surface area contributed by atoms with Gasteiger partial charge in [0.05, 0.1) is 8.96 Å². The Morgan fingerprint density at radius 2 is 1.46 bits per heavy atom. The molecule has 0 fully saturated rings. The summed E-state index contributed by atoms with van der Waals surface area (Å²) in [6.45, 7) is 11.3. The summed E-state index contributed by atoms with van der Waals surface area (Å²) >= 11 is 14.4. The quantitative estimate of drug-likeness (QED) is 0.296. The molecule has 0 radical (unpaired) electrons. The third-order valence-corrected chi connectivity index (χ3v) is 10.8. The number of ketones is 1. The van der Waals surface area contributed by atoms with Crippen molar-refractivity contribution in [1.29, 1.82) is 0 Å². The fraction of sp³-hybridized carbons (Fsp3) is 0.296. The number of Topliss-reactive ketones (excluding diaryl/α,β-unsaturated/α-hetero) is 1. The van der Waals surface area contributed by atoms with Crippen LogP contribution in [0.4, 0.5) is 0 Å². The molecule has 10 heteroatoms. The molecule has 0 bridgehead atoms. The third kappa shape index (κ3) is 5.39. The van der Waals surface area contributed by atoms with Crippen LogP contribution in [-0.2, 0) is 14.9 Å². The number of phenols is 1. The Kier molecular flexibility index (Phi) is 9.24. The first-order valence-electron chi connectivity index (χ1n) is 11.4. The maximum absolute atomic E-state index is 13.2. The van der Waals surface area contributed by atoms with Gasteiger partial charge in [-0.1, -0.05) is 45.9 Å². The number of carbonyl (C=O) groups excluding carboxylic acids is 1. The normalized spacial score (nSPS) is 16.4. The van der Waals surface area contributed by atoms with Gasteiger partial charge in [-0.05, 0) is 107 Å². The van der Waals surface area contributed by atoms with Crippen molar-refractivity contribution < 1.29 is 22.9 Å². The fourth-order valence-electron chi connectivity index (χ4n) is 4.54. The molecule has 2 aromatic rings. The summed E-state index contributed by atoms with van der Waals surface area (Å²) in [4.78, 5) is 13.0. The van der Waals surface area contributed by atoms with Gasteiger partial charge in [0.2, 0.25) is 0 Å². The molecule has 2 N–H and O–H groups in total. The van der Waals surface area contributed by atoms with Gasteiger partial charge in [-0.15, -0.1) is 0 Å². The number of rotatable bonds is 5. The Balaban J connectivity index is 2.77. The smallest absolute Gasteiger partial charge is 0.295 e. The monoisotopic (exact) mass is 778 g/mol. The van der Waals surface area contributed by atoms with E-state index in [0.29, 0.717) is 56.9 Å². The van der Waals surface area contributed by atoms with Crippen molar-refractivity contribution in [3.63, 3.8) is 0 Å². The summed E-state index contributed by atoms with van der Waals surface area (Å²) < 4.78 is 37.3. The van der Waals surface area contributed by atoms with E-state index >= 15 is 0 Å². The fourth-order valence-corrected chi connectivity index (χ4v) is 8.33. The minimum absolute atomic E-state index is 0.0836. The number of hydrogen-bond acceptors (Lipinski definition) is 4. The highest BCUT2D eigenvalue weighted by Gasteiger charge is 2.35. The second kappa shape index (κ2) is 11.2. The summed E-state index contributed by atoms with van der Waals surface area (Å²) in [5.74, 6) is -0.302. The van der Waals surface area contributed by atoms with E-state index in [1.807, 2.05) is 34.6 Å². The Labute approximate surface area is 251 Å². The molecule has 0 saturated heterocycles. The molecule has 1 aliphatic carbocycles. The van der Waals surface area contributed by atoms with E-state index in [9.17, 15) is 22.9 Å². The molecule has 5 nitrogen and oxygen atoms in total. The maximum Gasteiger partial charge on any atom is 0.295 e. The molecule has 2 aromatic carbocycles. The molecule has 0 aliphatic heterocycles. The van der Waals surface area contributed by atoms with E-state index in [2.05, 4.69) is 63.7 Å². The molecular weight excluding hydrogens is 756 g/mol. The molecular formula is C27H26Br4O5S. The number of allylic oxidation sites excluding steroid dienone is 5. The number of benzene rings is 2. The Hall–Kier alpha value is -1.04. The Bertz CT molecular complexity index is 1530. The third-order valence-electron chi connectivity index (χ3n) is 6.32. The van der Waals surface area contributed by atoms with Crippen molar-refractivity contribution in [2.75, 3.05) is 0 Å². The van der Waals surface area contributed by atoms with Crippen LogP contribution in [0.5, 0.6) is 5.75 Å². The van der Waals surface area contributed by atoms with Crippen LogP contribution in [0.1, 0.15) is 62.8 Å². The van der Waals surface area contributed by atoms with Crippen molar-refractivity contribution in [1.82, 2.24) is 0 Å². The zero-order valence-electron chi connectivity index (χ0n) is 21.0. The number of phenolic OH excluding ortho intramolecular Hbond substituents is 1. The van der Waals surface area contributed by atoms with Crippen LogP contribution < -0.4 is 0 Å². The number of hydrogen-bond donors (Lipinski definition) is 2. The molecule has 0 saturated carbocycles. The highest BCUT2D eigenvalue weighted by molar-refractivity contribution is 9.12. The molecule has 0 amide bonds. The molecule has 37 heavy (non-hydrogen) atoms. The average molecular weight is 782 g/mol. The zero-order valence-corrected chi connectivity index (χ0v) is 28.2. The maximum atomic E-state index is 13.2. The molecule has 0 unspecified atom stereocenters. The van der Waals surface area contributed by atoms with Crippen molar-refractivity contribution >= 4 is 85.2 Å². The highest BCUT2D eigenvalue weighted by atomic mass is 79.9. The lowest BCUT2D eigenvalue weighted by Crippen LogP contribution is -2.18. The Morgan fingerprint density at radius 3 is 1.97 bits per heavy atom. The molecule has 198 valence electrons. The molecule has 0 heterocycles. The topological polar surface area (TPSA) is 91.7 Å². The minimum Gasteiger partial charge on any atom is -0.506 e. The lowest BCUT2D eigenvalue weighted by atomic mass is 9.81. The van der Waals surface area contributed by atoms with Gasteiger partial charge in [-0.25, -0.2) is 0 Å². The number of aromatic hydroxyl groups is 1. The van der Waals surface area contributed by atoms with Gasteiger partial charge >= 0.3 is 0 Å². The van der Waals surface area contributed by atoms with Crippen molar-refractivity contribution in [2.45, 2.75) is 52.4 Å². The van der Waals surface area contributed by atoms with Crippen molar-refractivity contribution in [2.24, 2.45) is 5.92 Å². The summed E-state index contributed by atoms with van der Waals surface area (Å²) in [6.07, 6.45) is 0. The van der Waals surface area contributed by atoms with Gasteiger partial charge in [0.1, 0.15) is 10.6 Å². The molecule has 1 aliphatic rings. The van der Waals surface area contributed by atoms with E-state index < -0.39 is 10.1 Å². The predicted molar refractivity (Wildman–Crippen MR) is 162 cm³/mol. The van der Waals surface area contributed by atoms with Crippen LogP contribution in [0.15, 0.2) is 63.8 Å². The van der Waals surface area contributed by atoms with E-state index in [4.69, 9.17) is 0 Å². The van der Waals surface area contributed by atoms with Gasteiger partial charge in [0, 0.05) is 42.4 Å². The number of carbonyl (C=O) groups is 1. The predicted octanol–water partition coefficient (Wildman–Crippen LogP) is 8.95. The average Bonchev–Trinajstić information content (AvgIpc) is 2.79. The van der Waals surface area contributed by atoms with Crippen molar-refractivity contribution in [3.8, 4) is 5.75 Å². The SMILES string of the molecule is CC1=C(Br)C(=O)C(C(C)C)=C(Br)/C1=C(\c1ccccc1S(=O)(=O)O)c1c(C)c(Br)c(O)c(C(C)C)c1Br. The molecule has 3 rings (SSSR count). The summed E-state index contributed by atoms with van der Waals surface area (Å²) in [5, 5.41) is 11.0. The van der Waals surface area contributed by atoms with Crippen LogP contribution in [0.3, 0.4) is 0 Å². The van der Waals surface area contributed by atoms with E-state index in [1.165, 1.54) is 12.1 Å². The largest absolute Gasteiger partial charge is 0.506 e. The number of halogens is 4. The highest BCUT2D eigenvalue weighted by Crippen LogP contribution is 2.52. The summed E-state index contributed by atoms with van der Waals surface area (Å²) in [5.41, 5.74) is 4.36. The minimum atomic E-state index is -4.62. The van der Waals surface area contributed by atoms with Gasteiger partial charge in [0.25, 0.3) is 10.1 Å². The zero-order chi connectivity index (χ0) is 28.1. The Morgan fingerprint density at radius 1 is 0.892 bits per heavy atom. The van der Waals surface area contributed by atoms with Crippen LogP contribution in [0, 0.1) is 12.8 Å². The summed E-state index contributed by atoms with van der Waals surface area (Å²) in [6, 6.07) is 6.20. The standard InChI is InChI=1S/C27H26Br4O5S/c1-11(2)17-24(30)19(13(5)22(28)26(17)32)21(15-9-7-8-10-16(15)37(34,35)36)20-14(6)23(29)27(33)18(12(3)4)25(20)31/h7-12,32H,1-6H3,(H,34,35,36)/b21-20+. The van der Waals surface area contributed by atoms with E-state index in [-0.39, 0.29) is 33.8 Å². The second-order valence-electron chi connectivity index (χ2n) is 9.42.